The van der Waals surface area contributed by atoms with Crippen molar-refractivity contribution in [2.24, 2.45) is 0 Å². The standard InChI is InChI=1S/C8H9IN6S/c1-5(2)15-8(12-13-14-15)16-7-10-3-6(9)4-11-7/h3-5H,1-2H3. The number of nitrogens with zero attached hydrogens (tertiary/aromatic N) is 6. The lowest BCUT2D eigenvalue weighted by Gasteiger charge is -2.05. The van der Waals surface area contributed by atoms with Crippen molar-refractivity contribution >= 4 is 34.4 Å². The Morgan fingerprint density at radius 2 is 2.00 bits per heavy atom. The molecule has 0 saturated carbocycles. The minimum atomic E-state index is 0.223. The molecule has 0 fully saturated rings. The fraction of sp³-hybridized carbons (Fsp3) is 0.375. The lowest BCUT2D eigenvalue weighted by atomic mass is 10.4. The second kappa shape index (κ2) is 5.04. The lowest BCUT2D eigenvalue weighted by Crippen LogP contribution is -2.04. The smallest absolute Gasteiger partial charge is 0.217 e. The topological polar surface area (TPSA) is 69.4 Å². The molecule has 0 saturated heterocycles. The van der Waals surface area contributed by atoms with Gasteiger partial charge in [0.05, 0.1) is 6.04 Å². The van der Waals surface area contributed by atoms with Crippen LogP contribution in [0, 0.1) is 3.57 Å². The molecule has 84 valence electrons. The quantitative estimate of drug-likeness (QED) is 0.622. The molecule has 16 heavy (non-hydrogen) atoms. The van der Waals surface area contributed by atoms with Crippen LogP contribution in [-0.4, -0.2) is 30.2 Å². The van der Waals surface area contributed by atoms with Crippen LogP contribution in [0.5, 0.6) is 0 Å². The molecule has 0 aliphatic rings. The highest BCUT2D eigenvalue weighted by atomic mass is 127. The van der Waals surface area contributed by atoms with Gasteiger partial charge in [0.1, 0.15) is 0 Å². The predicted molar refractivity (Wildman–Crippen MR) is 67.1 cm³/mol. The highest BCUT2D eigenvalue weighted by molar-refractivity contribution is 14.1. The van der Waals surface area contributed by atoms with Crippen molar-refractivity contribution in [1.82, 2.24) is 30.2 Å². The number of halogens is 1. The molecule has 0 aliphatic heterocycles. The average Bonchev–Trinajstić information content (AvgIpc) is 2.69. The van der Waals surface area contributed by atoms with E-state index in [1.807, 2.05) is 13.8 Å². The molecule has 0 aromatic carbocycles. The summed E-state index contributed by atoms with van der Waals surface area (Å²) in [4.78, 5) is 8.38. The first kappa shape index (κ1) is 11.7. The Bertz CT molecular complexity index is 468. The van der Waals surface area contributed by atoms with E-state index in [-0.39, 0.29) is 6.04 Å². The molecule has 0 radical (unpaired) electrons. The normalized spacial score (nSPS) is 11.0. The van der Waals surface area contributed by atoms with Gasteiger partial charge in [-0.15, -0.1) is 5.10 Å². The minimum Gasteiger partial charge on any atom is -0.230 e. The monoisotopic (exact) mass is 348 g/mol. The summed E-state index contributed by atoms with van der Waals surface area (Å²) in [6.45, 7) is 4.05. The van der Waals surface area contributed by atoms with E-state index in [4.69, 9.17) is 0 Å². The summed E-state index contributed by atoms with van der Waals surface area (Å²) < 4.78 is 2.75. The van der Waals surface area contributed by atoms with Crippen molar-refractivity contribution in [3.63, 3.8) is 0 Å². The molecule has 6 nitrogen and oxygen atoms in total. The predicted octanol–water partition coefficient (Wildman–Crippen LogP) is 1.80. The molecule has 2 heterocycles. The first-order chi connectivity index (χ1) is 7.66. The van der Waals surface area contributed by atoms with Crippen molar-refractivity contribution in [1.29, 1.82) is 0 Å². The van der Waals surface area contributed by atoms with Crippen molar-refractivity contribution < 1.29 is 0 Å². The summed E-state index contributed by atoms with van der Waals surface area (Å²) in [6.07, 6.45) is 3.53. The van der Waals surface area contributed by atoms with Crippen LogP contribution in [0.25, 0.3) is 0 Å². The molecule has 2 aromatic heterocycles. The van der Waals surface area contributed by atoms with E-state index in [0.717, 1.165) is 3.57 Å². The third kappa shape index (κ3) is 2.67. The molecule has 0 unspecified atom stereocenters. The van der Waals surface area contributed by atoms with Gasteiger partial charge in [0.15, 0.2) is 5.16 Å². The van der Waals surface area contributed by atoms with E-state index in [2.05, 4.69) is 48.1 Å². The molecule has 2 rings (SSSR count). The number of rotatable bonds is 3. The Morgan fingerprint density at radius 3 is 2.62 bits per heavy atom. The first-order valence-electron chi connectivity index (χ1n) is 4.60. The fourth-order valence-electron chi connectivity index (χ4n) is 1.01. The fourth-order valence-corrected chi connectivity index (χ4v) is 2.08. The molecule has 0 bridgehead atoms. The van der Waals surface area contributed by atoms with E-state index >= 15 is 0 Å². The van der Waals surface area contributed by atoms with Crippen LogP contribution in [0.2, 0.25) is 0 Å². The highest BCUT2D eigenvalue weighted by Crippen LogP contribution is 2.23. The van der Waals surface area contributed by atoms with E-state index in [0.29, 0.717) is 10.3 Å². The van der Waals surface area contributed by atoms with E-state index in [1.165, 1.54) is 11.8 Å². The minimum absolute atomic E-state index is 0.223. The van der Waals surface area contributed by atoms with E-state index < -0.39 is 0 Å². The van der Waals surface area contributed by atoms with Gasteiger partial charge in [-0.1, -0.05) is 0 Å². The Kier molecular flexibility index (Phi) is 3.69. The molecule has 0 N–H and O–H groups in total. The van der Waals surface area contributed by atoms with Gasteiger partial charge in [0, 0.05) is 16.0 Å². The molecule has 8 heteroatoms. The van der Waals surface area contributed by atoms with Gasteiger partial charge < -0.3 is 0 Å². The zero-order chi connectivity index (χ0) is 11.5. The largest absolute Gasteiger partial charge is 0.230 e. The van der Waals surface area contributed by atoms with Gasteiger partial charge in [0.25, 0.3) is 0 Å². The third-order valence-electron chi connectivity index (χ3n) is 1.73. The Labute approximate surface area is 110 Å². The van der Waals surface area contributed by atoms with Crippen molar-refractivity contribution in [3.05, 3.63) is 16.0 Å². The Hall–Kier alpha value is -0.770. The number of tetrazole rings is 1. The SMILES string of the molecule is CC(C)n1nnnc1Sc1ncc(I)cn1. The van der Waals surface area contributed by atoms with E-state index in [9.17, 15) is 0 Å². The first-order valence-corrected chi connectivity index (χ1v) is 6.49. The molecule has 0 spiro atoms. The zero-order valence-electron chi connectivity index (χ0n) is 8.70. The Morgan fingerprint density at radius 1 is 1.31 bits per heavy atom. The van der Waals surface area contributed by atoms with Crippen LogP contribution in [-0.2, 0) is 0 Å². The molecule has 0 atom stereocenters. The van der Waals surface area contributed by atoms with Crippen LogP contribution >= 0.6 is 34.4 Å². The molecule has 2 aromatic rings. The van der Waals surface area contributed by atoms with Gasteiger partial charge in [-0.2, -0.15) is 0 Å². The van der Waals surface area contributed by atoms with Gasteiger partial charge >= 0.3 is 0 Å². The summed E-state index contributed by atoms with van der Waals surface area (Å²) in [5.41, 5.74) is 0. The van der Waals surface area contributed by atoms with Crippen LogP contribution < -0.4 is 0 Å². The second-order valence-electron chi connectivity index (χ2n) is 3.29. The molecular formula is C8H9IN6S. The third-order valence-corrected chi connectivity index (χ3v) is 3.13. The van der Waals surface area contributed by atoms with Crippen LogP contribution in [0.1, 0.15) is 19.9 Å². The highest BCUT2D eigenvalue weighted by Gasteiger charge is 2.11. The average molecular weight is 348 g/mol. The molecule has 0 aliphatic carbocycles. The lowest BCUT2D eigenvalue weighted by molar-refractivity contribution is 0.477. The maximum atomic E-state index is 4.19. The van der Waals surface area contributed by atoms with Gasteiger partial charge in [-0.3, -0.25) is 0 Å². The summed E-state index contributed by atoms with van der Waals surface area (Å²) in [7, 11) is 0. The van der Waals surface area contributed by atoms with Crippen LogP contribution in [0.3, 0.4) is 0 Å². The van der Waals surface area contributed by atoms with Crippen LogP contribution in [0.4, 0.5) is 0 Å². The second-order valence-corrected chi connectivity index (χ2v) is 5.47. The van der Waals surface area contributed by atoms with Gasteiger partial charge in [-0.05, 0) is 58.6 Å². The van der Waals surface area contributed by atoms with Gasteiger partial charge in [-0.25, -0.2) is 14.6 Å². The maximum absolute atomic E-state index is 4.19. The van der Waals surface area contributed by atoms with Gasteiger partial charge in [0.2, 0.25) is 5.16 Å². The maximum Gasteiger partial charge on any atom is 0.217 e. The van der Waals surface area contributed by atoms with Crippen LogP contribution in [0.15, 0.2) is 22.7 Å². The summed E-state index contributed by atoms with van der Waals surface area (Å²) in [5.74, 6) is 0. The van der Waals surface area contributed by atoms with Crippen molar-refractivity contribution in [2.75, 3.05) is 0 Å². The number of aromatic nitrogens is 6. The molecular weight excluding hydrogens is 339 g/mol. The van der Waals surface area contributed by atoms with E-state index in [1.54, 1.807) is 17.1 Å². The van der Waals surface area contributed by atoms with Crippen molar-refractivity contribution in [2.45, 2.75) is 30.2 Å². The molecule has 0 amide bonds. The number of hydrogen-bond acceptors (Lipinski definition) is 6. The number of hydrogen-bond donors (Lipinski definition) is 0. The summed E-state index contributed by atoms with van der Waals surface area (Å²) in [6, 6.07) is 0.223. The zero-order valence-corrected chi connectivity index (χ0v) is 11.7. The Balaban J connectivity index is 2.20. The van der Waals surface area contributed by atoms with Crippen molar-refractivity contribution in [3.8, 4) is 0 Å². The summed E-state index contributed by atoms with van der Waals surface area (Å²) >= 11 is 3.52. The summed E-state index contributed by atoms with van der Waals surface area (Å²) in [5, 5.41) is 12.8.